The lowest BCUT2D eigenvalue weighted by Gasteiger charge is -2.34. The Hall–Kier alpha value is -2.22. The number of carbonyl (C=O) groups excluding carboxylic acids is 1. The van der Waals surface area contributed by atoms with Crippen molar-refractivity contribution >= 4 is 33.3 Å². The van der Waals surface area contributed by atoms with E-state index in [0.717, 1.165) is 36.2 Å². The SMILES string of the molecule is Cc1ccc2[nH]c(C(=O)Nc3nc(CN4CC(C)OC(C)C4)cs3)cc2c1C. The van der Waals surface area contributed by atoms with Crippen LogP contribution in [0, 0.1) is 13.8 Å². The number of anilines is 1. The highest BCUT2D eigenvalue weighted by molar-refractivity contribution is 7.13. The number of morpholine rings is 1. The highest BCUT2D eigenvalue weighted by Crippen LogP contribution is 2.24. The van der Waals surface area contributed by atoms with Crippen LogP contribution in [0.3, 0.4) is 0 Å². The van der Waals surface area contributed by atoms with Crippen LogP contribution in [0.2, 0.25) is 0 Å². The molecule has 2 aromatic heterocycles. The second kappa shape index (κ2) is 7.66. The first-order valence-corrected chi connectivity index (χ1v) is 10.5. The second-order valence-corrected chi connectivity index (χ2v) is 8.56. The predicted molar refractivity (Wildman–Crippen MR) is 113 cm³/mol. The number of carbonyl (C=O) groups is 1. The quantitative estimate of drug-likeness (QED) is 0.694. The summed E-state index contributed by atoms with van der Waals surface area (Å²) in [5.74, 6) is -0.164. The molecule has 3 heterocycles. The number of amides is 1. The Kier molecular flexibility index (Phi) is 5.23. The zero-order valence-electron chi connectivity index (χ0n) is 16.7. The molecule has 6 nitrogen and oxygen atoms in total. The minimum Gasteiger partial charge on any atom is -0.373 e. The lowest BCUT2D eigenvalue weighted by atomic mass is 10.1. The van der Waals surface area contributed by atoms with Crippen LogP contribution in [0.15, 0.2) is 23.6 Å². The average Bonchev–Trinajstić information content (AvgIpc) is 3.24. The van der Waals surface area contributed by atoms with Crippen LogP contribution in [-0.2, 0) is 11.3 Å². The molecular weight excluding hydrogens is 372 g/mol. The van der Waals surface area contributed by atoms with Crippen LogP contribution in [0.4, 0.5) is 5.13 Å². The summed E-state index contributed by atoms with van der Waals surface area (Å²) in [5.41, 5.74) is 4.91. The van der Waals surface area contributed by atoms with Gasteiger partial charge in [0, 0.05) is 35.9 Å². The van der Waals surface area contributed by atoms with Gasteiger partial charge in [-0.25, -0.2) is 4.98 Å². The minimum absolute atomic E-state index is 0.164. The van der Waals surface area contributed by atoms with Gasteiger partial charge in [0.2, 0.25) is 0 Å². The molecule has 2 unspecified atom stereocenters. The first-order chi connectivity index (χ1) is 13.4. The third-order valence-corrected chi connectivity index (χ3v) is 6.05. The number of fused-ring (bicyclic) bond motifs is 1. The van der Waals surface area contributed by atoms with E-state index >= 15 is 0 Å². The first-order valence-electron chi connectivity index (χ1n) is 9.61. The maximum Gasteiger partial charge on any atom is 0.273 e. The molecule has 4 rings (SSSR count). The lowest BCUT2D eigenvalue weighted by Crippen LogP contribution is -2.44. The van der Waals surface area contributed by atoms with Crippen molar-refractivity contribution in [2.45, 2.75) is 46.4 Å². The number of ether oxygens (including phenoxy) is 1. The summed E-state index contributed by atoms with van der Waals surface area (Å²) in [4.78, 5) is 22.8. The fourth-order valence-corrected chi connectivity index (χ4v) is 4.52. The van der Waals surface area contributed by atoms with E-state index in [9.17, 15) is 4.79 Å². The van der Waals surface area contributed by atoms with Gasteiger partial charge >= 0.3 is 0 Å². The van der Waals surface area contributed by atoms with Crippen LogP contribution in [0.5, 0.6) is 0 Å². The fourth-order valence-electron chi connectivity index (χ4n) is 3.82. The number of hydrogen-bond acceptors (Lipinski definition) is 5. The number of nitrogens with one attached hydrogen (secondary N) is 2. The van der Waals surface area contributed by atoms with Gasteiger partial charge in [-0.2, -0.15) is 0 Å². The highest BCUT2D eigenvalue weighted by atomic mass is 32.1. The Bertz CT molecular complexity index is 999. The molecule has 0 bridgehead atoms. The Morgan fingerprint density at radius 2 is 2.07 bits per heavy atom. The molecule has 1 amide bonds. The predicted octanol–water partition coefficient (Wildman–Crippen LogP) is 4.10. The van der Waals surface area contributed by atoms with Crippen LogP contribution >= 0.6 is 11.3 Å². The van der Waals surface area contributed by atoms with Gasteiger partial charge < -0.3 is 9.72 Å². The van der Waals surface area contributed by atoms with Gasteiger partial charge in [-0.05, 0) is 51.0 Å². The molecule has 3 aromatic rings. The van der Waals surface area contributed by atoms with Crippen molar-refractivity contribution in [1.82, 2.24) is 14.9 Å². The molecule has 0 aliphatic carbocycles. The summed E-state index contributed by atoms with van der Waals surface area (Å²) in [7, 11) is 0. The molecule has 2 N–H and O–H groups in total. The molecule has 1 aromatic carbocycles. The van der Waals surface area contributed by atoms with Gasteiger partial charge in [-0.1, -0.05) is 6.07 Å². The Morgan fingerprint density at radius 3 is 2.82 bits per heavy atom. The van der Waals surface area contributed by atoms with Crippen molar-refractivity contribution in [2.75, 3.05) is 18.4 Å². The molecule has 0 saturated carbocycles. The summed E-state index contributed by atoms with van der Waals surface area (Å²) >= 11 is 1.46. The van der Waals surface area contributed by atoms with E-state index in [1.807, 2.05) is 17.5 Å². The Morgan fingerprint density at radius 1 is 1.32 bits per heavy atom. The van der Waals surface area contributed by atoms with Gasteiger partial charge in [0.05, 0.1) is 17.9 Å². The zero-order valence-corrected chi connectivity index (χ0v) is 17.5. The summed E-state index contributed by atoms with van der Waals surface area (Å²) in [6.07, 6.45) is 0.464. The van der Waals surface area contributed by atoms with Crippen LogP contribution in [0.1, 0.15) is 41.2 Å². The molecule has 2 atom stereocenters. The first kappa shape index (κ1) is 19.1. The van der Waals surface area contributed by atoms with E-state index in [-0.39, 0.29) is 18.1 Å². The van der Waals surface area contributed by atoms with E-state index in [0.29, 0.717) is 10.8 Å². The number of hydrogen-bond donors (Lipinski definition) is 2. The second-order valence-electron chi connectivity index (χ2n) is 7.70. The van der Waals surface area contributed by atoms with E-state index in [4.69, 9.17) is 4.74 Å². The summed E-state index contributed by atoms with van der Waals surface area (Å²) in [5, 5.41) is 6.65. The molecule has 1 fully saturated rings. The largest absolute Gasteiger partial charge is 0.373 e. The Balaban J connectivity index is 1.43. The minimum atomic E-state index is -0.164. The van der Waals surface area contributed by atoms with Gasteiger partial charge in [-0.3, -0.25) is 15.0 Å². The highest BCUT2D eigenvalue weighted by Gasteiger charge is 2.23. The van der Waals surface area contributed by atoms with Crippen molar-refractivity contribution < 1.29 is 9.53 Å². The van der Waals surface area contributed by atoms with Gasteiger partial charge in [0.15, 0.2) is 5.13 Å². The van der Waals surface area contributed by atoms with Crippen LogP contribution in [0.25, 0.3) is 10.9 Å². The van der Waals surface area contributed by atoms with Crippen molar-refractivity contribution in [1.29, 1.82) is 0 Å². The van der Waals surface area contributed by atoms with E-state index < -0.39 is 0 Å². The summed E-state index contributed by atoms with van der Waals surface area (Å²) in [6, 6.07) is 5.99. The summed E-state index contributed by atoms with van der Waals surface area (Å²) < 4.78 is 5.78. The number of aryl methyl sites for hydroxylation is 2. The molecule has 1 saturated heterocycles. The number of benzene rings is 1. The third kappa shape index (κ3) is 3.97. The van der Waals surface area contributed by atoms with Crippen molar-refractivity contribution in [3.05, 3.63) is 46.1 Å². The monoisotopic (exact) mass is 398 g/mol. The van der Waals surface area contributed by atoms with Crippen molar-refractivity contribution in [3.8, 4) is 0 Å². The lowest BCUT2D eigenvalue weighted by molar-refractivity contribution is -0.0707. The molecule has 0 spiro atoms. The van der Waals surface area contributed by atoms with Gasteiger partial charge in [0.1, 0.15) is 5.69 Å². The average molecular weight is 399 g/mol. The molecular formula is C21H26N4O2S. The molecule has 1 aliphatic rings. The normalized spacial score (nSPS) is 20.6. The van der Waals surface area contributed by atoms with Crippen molar-refractivity contribution in [3.63, 3.8) is 0 Å². The number of thiazole rings is 1. The Labute approximate surface area is 168 Å². The van der Waals surface area contributed by atoms with E-state index in [2.05, 4.69) is 53.9 Å². The summed E-state index contributed by atoms with van der Waals surface area (Å²) in [6.45, 7) is 10.9. The number of rotatable bonds is 4. The standard InChI is InChI=1S/C21H26N4O2S/c1-12-5-6-18-17(15(12)4)7-19(23-18)20(26)24-21-22-16(11-28-21)10-25-8-13(2)27-14(3)9-25/h5-7,11,13-14,23H,8-10H2,1-4H3,(H,22,24,26). The number of H-pyrrole nitrogens is 1. The van der Waals surface area contributed by atoms with Gasteiger partial charge in [0.25, 0.3) is 5.91 Å². The maximum atomic E-state index is 12.7. The number of nitrogens with zero attached hydrogens (tertiary/aromatic N) is 2. The van der Waals surface area contributed by atoms with Crippen LogP contribution in [-0.4, -0.2) is 46.1 Å². The molecule has 148 valence electrons. The molecule has 0 radical (unpaired) electrons. The third-order valence-electron chi connectivity index (χ3n) is 5.24. The van der Waals surface area contributed by atoms with E-state index in [1.54, 1.807) is 0 Å². The van der Waals surface area contributed by atoms with Crippen molar-refractivity contribution in [2.24, 2.45) is 0 Å². The fraction of sp³-hybridized carbons (Fsp3) is 0.429. The smallest absolute Gasteiger partial charge is 0.273 e. The molecule has 7 heteroatoms. The van der Waals surface area contributed by atoms with E-state index in [1.165, 1.54) is 22.5 Å². The van der Waals surface area contributed by atoms with Gasteiger partial charge in [-0.15, -0.1) is 11.3 Å². The number of aromatic amines is 1. The molecule has 28 heavy (non-hydrogen) atoms. The molecule has 1 aliphatic heterocycles. The van der Waals surface area contributed by atoms with Crippen LogP contribution < -0.4 is 5.32 Å². The maximum absolute atomic E-state index is 12.7. The zero-order chi connectivity index (χ0) is 19.8. The number of aromatic nitrogens is 2. The topological polar surface area (TPSA) is 70.2 Å².